The number of fused-ring (bicyclic) bond motifs is 1. The van der Waals surface area contributed by atoms with Gasteiger partial charge in [-0.15, -0.1) is 0 Å². The third kappa shape index (κ3) is 4.48. The first-order valence-electron chi connectivity index (χ1n) is 11.2. The Morgan fingerprint density at radius 2 is 1.79 bits per heavy atom. The second-order valence-corrected chi connectivity index (χ2v) is 8.23. The molecule has 6 nitrogen and oxygen atoms in total. The molecule has 0 fully saturated rings. The molecule has 0 bridgehead atoms. The standard InChI is InChI=1S/C26H26F2N4O2/c1-4-31-25-24(17(3)30-32(25)21-7-5-6-20(28)14-21)16(2)22(26(31)34)12-13-23(33)29-15-18-8-10-19(27)11-9-18/h5-11,14H,4,12-13,15H2,1-3H3,(H,29,33). The van der Waals surface area contributed by atoms with Gasteiger partial charge < -0.3 is 5.32 Å². The first-order valence-corrected chi connectivity index (χ1v) is 11.2. The molecule has 0 aliphatic carbocycles. The number of hydrogen-bond donors (Lipinski definition) is 1. The molecular formula is C26H26F2N4O2. The van der Waals surface area contributed by atoms with Crippen LogP contribution in [0.2, 0.25) is 0 Å². The summed E-state index contributed by atoms with van der Waals surface area (Å²) in [4.78, 5) is 25.8. The van der Waals surface area contributed by atoms with Crippen LogP contribution in [-0.4, -0.2) is 20.3 Å². The van der Waals surface area contributed by atoms with Gasteiger partial charge in [0.1, 0.15) is 17.3 Å². The Balaban J connectivity index is 1.64. The summed E-state index contributed by atoms with van der Waals surface area (Å²) in [6.45, 7) is 6.28. The second-order valence-electron chi connectivity index (χ2n) is 8.23. The number of nitrogens with zero attached hydrogens (tertiary/aromatic N) is 3. The Labute approximate surface area is 195 Å². The molecule has 2 aromatic carbocycles. The number of hydrogen-bond acceptors (Lipinski definition) is 3. The maximum Gasteiger partial charge on any atom is 0.255 e. The maximum atomic E-state index is 13.9. The number of aryl methyl sites for hydroxylation is 3. The highest BCUT2D eigenvalue weighted by Crippen LogP contribution is 2.26. The van der Waals surface area contributed by atoms with Crippen LogP contribution in [0.15, 0.2) is 53.3 Å². The smallest absolute Gasteiger partial charge is 0.255 e. The Morgan fingerprint density at radius 3 is 2.47 bits per heavy atom. The average molecular weight is 465 g/mol. The zero-order valence-electron chi connectivity index (χ0n) is 19.4. The van der Waals surface area contributed by atoms with Crippen LogP contribution in [-0.2, 0) is 24.3 Å². The van der Waals surface area contributed by atoms with Gasteiger partial charge in [-0.25, -0.2) is 13.5 Å². The van der Waals surface area contributed by atoms with Crippen molar-refractivity contribution in [2.75, 3.05) is 0 Å². The summed E-state index contributed by atoms with van der Waals surface area (Å²) in [6, 6.07) is 12.0. The van der Waals surface area contributed by atoms with E-state index < -0.39 is 0 Å². The van der Waals surface area contributed by atoms with E-state index in [-0.39, 0.29) is 42.5 Å². The lowest BCUT2D eigenvalue weighted by Gasteiger charge is -2.14. The van der Waals surface area contributed by atoms with Crippen LogP contribution in [0.25, 0.3) is 16.7 Å². The third-order valence-electron chi connectivity index (χ3n) is 6.00. The molecule has 34 heavy (non-hydrogen) atoms. The molecule has 4 rings (SSSR count). The Morgan fingerprint density at radius 1 is 1.06 bits per heavy atom. The summed E-state index contributed by atoms with van der Waals surface area (Å²) < 4.78 is 30.1. The van der Waals surface area contributed by atoms with Crippen LogP contribution in [0, 0.1) is 25.5 Å². The van der Waals surface area contributed by atoms with Crippen LogP contribution < -0.4 is 10.9 Å². The minimum Gasteiger partial charge on any atom is -0.352 e. The van der Waals surface area contributed by atoms with E-state index >= 15 is 0 Å². The van der Waals surface area contributed by atoms with E-state index in [0.29, 0.717) is 23.4 Å². The Hall–Kier alpha value is -3.81. The van der Waals surface area contributed by atoms with Crippen LogP contribution in [0.5, 0.6) is 0 Å². The molecule has 176 valence electrons. The van der Waals surface area contributed by atoms with Crippen molar-refractivity contribution in [2.24, 2.45) is 0 Å². The molecule has 0 spiro atoms. The second kappa shape index (κ2) is 9.59. The normalized spacial score (nSPS) is 11.2. The lowest BCUT2D eigenvalue weighted by molar-refractivity contribution is -0.121. The van der Waals surface area contributed by atoms with Crippen molar-refractivity contribution in [3.63, 3.8) is 0 Å². The van der Waals surface area contributed by atoms with Gasteiger partial charge in [-0.1, -0.05) is 18.2 Å². The number of carbonyl (C=O) groups is 1. The van der Waals surface area contributed by atoms with Crippen molar-refractivity contribution >= 4 is 16.9 Å². The highest BCUT2D eigenvalue weighted by molar-refractivity contribution is 5.85. The zero-order valence-corrected chi connectivity index (χ0v) is 19.4. The molecule has 0 unspecified atom stereocenters. The molecule has 0 saturated heterocycles. The molecule has 1 amide bonds. The largest absolute Gasteiger partial charge is 0.352 e. The number of halogens is 2. The number of rotatable bonds is 7. The minimum atomic E-state index is -0.385. The Kier molecular flexibility index (Phi) is 6.58. The van der Waals surface area contributed by atoms with Crippen molar-refractivity contribution in [1.82, 2.24) is 19.7 Å². The molecule has 1 N–H and O–H groups in total. The quantitative estimate of drug-likeness (QED) is 0.442. The number of carbonyl (C=O) groups excluding carboxylic acids is 1. The fourth-order valence-electron chi connectivity index (χ4n) is 4.28. The van der Waals surface area contributed by atoms with Gasteiger partial charge in [0, 0.05) is 30.5 Å². The molecule has 0 aliphatic heterocycles. The van der Waals surface area contributed by atoms with Gasteiger partial charge in [0.15, 0.2) is 0 Å². The summed E-state index contributed by atoms with van der Waals surface area (Å²) in [7, 11) is 0. The van der Waals surface area contributed by atoms with Crippen LogP contribution in [0.4, 0.5) is 8.78 Å². The predicted molar refractivity (Wildman–Crippen MR) is 127 cm³/mol. The fourth-order valence-corrected chi connectivity index (χ4v) is 4.28. The van der Waals surface area contributed by atoms with Crippen molar-refractivity contribution in [1.29, 1.82) is 0 Å². The molecule has 0 atom stereocenters. The van der Waals surface area contributed by atoms with E-state index in [1.54, 1.807) is 33.5 Å². The molecule has 2 aromatic heterocycles. The first kappa shape index (κ1) is 23.4. The topological polar surface area (TPSA) is 68.9 Å². The molecule has 0 radical (unpaired) electrons. The van der Waals surface area contributed by atoms with Gasteiger partial charge in [0.2, 0.25) is 5.91 Å². The highest BCUT2D eigenvalue weighted by Gasteiger charge is 2.21. The summed E-state index contributed by atoms with van der Waals surface area (Å²) in [5, 5.41) is 8.24. The van der Waals surface area contributed by atoms with Crippen LogP contribution >= 0.6 is 0 Å². The number of aromatic nitrogens is 3. The van der Waals surface area contributed by atoms with E-state index in [4.69, 9.17) is 0 Å². The maximum absolute atomic E-state index is 13.9. The highest BCUT2D eigenvalue weighted by atomic mass is 19.1. The molecule has 2 heterocycles. The van der Waals surface area contributed by atoms with E-state index in [9.17, 15) is 18.4 Å². The van der Waals surface area contributed by atoms with Crippen molar-refractivity contribution in [3.05, 3.63) is 92.9 Å². The number of benzene rings is 2. The van der Waals surface area contributed by atoms with Gasteiger partial charge in [-0.05, 0) is 68.7 Å². The van der Waals surface area contributed by atoms with E-state index in [2.05, 4.69) is 10.4 Å². The lowest BCUT2D eigenvalue weighted by atomic mass is 10.0. The van der Waals surface area contributed by atoms with Crippen LogP contribution in [0.1, 0.15) is 35.7 Å². The lowest BCUT2D eigenvalue weighted by Crippen LogP contribution is -2.28. The Bertz CT molecular complexity index is 1420. The minimum absolute atomic E-state index is 0.142. The monoisotopic (exact) mass is 464 g/mol. The zero-order chi connectivity index (χ0) is 24.4. The third-order valence-corrected chi connectivity index (χ3v) is 6.00. The number of amides is 1. The summed E-state index contributed by atoms with van der Waals surface area (Å²) in [6.07, 6.45) is 0.421. The molecule has 0 saturated carbocycles. The van der Waals surface area contributed by atoms with E-state index in [1.807, 2.05) is 20.8 Å². The van der Waals surface area contributed by atoms with Crippen LogP contribution in [0.3, 0.4) is 0 Å². The van der Waals surface area contributed by atoms with Crippen molar-refractivity contribution < 1.29 is 13.6 Å². The van der Waals surface area contributed by atoms with Gasteiger partial charge in [0.25, 0.3) is 5.56 Å². The van der Waals surface area contributed by atoms with Gasteiger partial charge in [0.05, 0.1) is 11.4 Å². The molecule has 8 heteroatoms. The summed E-state index contributed by atoms with van der Waals surface area (Å²) in [5.74, 6) is -0.910. The fraction of sp³-hybridized carbons (Fsp3) is 0.269. The summed E-state index contributed by atoms with van der Waals surface area (Å²) >= 11 is 0. The molecule has 0 aliphatic rings. The average Bonchev–Trinajstić information content (AvgIpc) is 3.16. The molecule has 4 aromatic rings. The van der Waals surface area contributed by atoms with Crippen molar-refractivity contribution in [3.8, 4) is 5.69 Å². The van der Waals surface area contributed by atoms with Gasteiger partial charge in [-0.2, -0.15) is 5.10 Å². The first-order chi connectivity index (χ1) is 16.3. The van der Waals surface area contributed by atoms with Gasteiger partial charge in [-0.3, -0.25) is 14.2 Å². The SMILES string of the molecule is CCn1c(=O)c(CCC(=O)NCc2ccc(F)cc2)c(C)c2c(C)nn(-c3cccc(F)c3)c21. The molecular weight excluding hydrogens is 438 g/mol. The number of nitrogens with one attached hydrogen (secondary N) is 1. The van der Waals surface area contributed by atoms with Crippen molar-refractivity contribution in [2.45, 2.75) is 46.7 Å². The van der Waals surface area contributed by atoms with E-state index in [0.717, 1.165) is 22.2 Å². The predicted octanol–water partition coefficient (Wildman–Crippen LogP) is 4.35. The van der Waals surface area contributed by atoms with E-state index in [1.165, 1.54) is 24.3 Å². The number of pyridine rings is 1. The summed E-state index contributed by atoms with van der Waals surface area (Å²) in [5.41, 5.74) is 3.81. The van der Waals surface area contributed by atoms with Gasteiger partial charge >= 0.3 is 0 Å².